The fourth-order valence-corrected chi connectivity index (χ4v) is 4.01. The lowest BCUT2D eigenvalue weighted by molar-refractivity contribution is -0.120. The number of rotatable bonds is 6. The minimum atomic E-state index is -0.717. The molecule has 0 unspecified atom stereocenters. The number of carbonyl (C=O) groups excluding carboxylic acids is 4. The van der Waals surface area contributed by atoms with Crippen LogP contribution in [0.25, 0.3) is 0 Å². The van der Waals surface area contributed by atoms with Crippen molar-refractivity contribution in [2.24, 2.45) is 0 Å². The van der Waals surface area contributed by atoms with Gasteiger partial charge in [0.1, 0.15) is 10.7 Å². The molecule has 0 saturated heterocycles. The van der Waals surface area contributed by atoms with E-state index in [9.17, 15) is 19.2 Å². The van der Waals surface area contributed by atoms with Crippen molar-refractivity contribution in [3.63, 3.8) is 0 Å². The fraction of sp³-hybridized carbons (Fsp3) is 0.0400. The Morgan fingerprint density at radius 1 is 0.833 bits per heavy atom. The van der Waals surface area contributed by atoms with Crippen molar-refractivity contribution < 1.29 is 23.9 Å². The first-order chi connectivity index (χ1) is 17.2. The summed E-state index contributed by atoms with van der Waals surface area (Å²) in [5.74, 6) is -2.34. The Balaban J connectivity index is 1.47. The number of methoxy groups -OCH3 is 1. The Morgan fingerprint density at radius 2 is 1.47 bits per heavy atom. The van der Waals surface area contributed by atoms with Crippen molar-refractivity contribution in [1.82, 2.24) is 0 Å². The normalized spacial score (nSPS) is 13.2. The van der Waals surface area contributed by atoms with E-state index < -0.39 is 23.7 Å². The summed E-state index contributed by atoms with van der Waals surface area (Å²) >= 11 is 18.1. The van der Waals surface area contributed by atoms with Crippen LogP contribution in [0.3, 0.4) is 0 Å². The number of amides is 3. The molecule has 0 spiro atoms. The third kappa shape index (κ3) is 5.06. The standard InChI is InChI=1S/C25H16Cl3N3O5/c1-36-25(35)14-4-9-17(10-5-14)31-23(33)20(28)21(24(31)34)29-16-7-2-13(3-8-16)22(32)30-19-11-6-15(26)12-18(19)27/h2-12,29H,1H3,(H,30,32). The van der Waals surface area contributed by atoms with Gasteiger partial charge in [-0.25, -0.2) is 9.69 Å². The smallest absolute Gasteiger partial charge is 0.337 e. The second-order valence-electron chi connectivity index (χ2n) is 7.45. The van der Waals surface area contributed by atoms with Crippen molar-refractivity contribution in [3.8, 4) is 0 Å². The van der Waals surface area contributed by atoms with Crippen LogP contribution in [0, 0.1) is 0 Å². The van der Waals surface area contributed by atoms with Crippen molar-refractivity contribution >= 4 is 75.6 Å². The van der Waals surface area contributed by atoms with E-state index >= 15 is 0 Å². The lowest BCUT2D eigenvalue weighted by atomic mass is 10.2. The monoisotopic (exact) mass is 543 g/mol. The first kappa shape index (κ1) is 25.2. The number of esters is 1. The number of nitrogens with one attached hydrogen (secondary N) is 2. The summed E-state index contributed by atoms with van der Waals surface area (Å²) in [6.45, 7) is 0. The number of ether oxygens (including phenoxy) is 1. The van der Waals surface area contributed by atoms with Crippen LogP contribution in [0.2, 0.25) is 10.0 Å². The Hall–Kier alpha value is -3.85. The molecule has 4 rings (SSSR count). The molecule has 3 aromatic carbocycles. The first-order valence-corrected chi connectivity index (χ1v) is 11.4. The van der Waals surface area contributed by atoms with Gasteiger partial charge in [0, 0.05) is 16.3 Å². The zero-order valence-electron chi connectivity index (χ0n) is 18.5. The molecule has 2 N–H and O–H groups in total. The largest absolute Gasteiger partial charge is 0.465 e. The van der Waals surface area contributed by atoms with E-state index in [2.05, 4.69) is 15.4 Å². The number of anilines is 3. The van der Waals surface area contributed by atoms with E-state index in [-0.39, 0.29) is 22.0 Å². The molecule has 1 heterocycles. The summed E-state index contributed by atoms with van der Waals surface area (Å²) in [4.78, 5) is 50.7. The van der Waals surface area contributed by atoms with Gasteiger partial charge in [-0.2, -0.15) is 0 Å². The zero-order valence-corrected chi connectivity index (χ0v) is 20.7. The van der Waals surface area contributed by atoms with Crippen LogP contribution >= 0.6 is 34.8 Å². The fourth-order valence-electron chi connectivity index (χ4n) is 3.34. The van der Waals surface area contributed by atoms with Crippen molar-refractivity contribution in [2.75, 3.05) is 22.6 Å². The van der Waals surface area contributed by atoms with E-state index in [1.165, 1.54) is 49.6 Å². The summed E-state index contributed by atoms with van der Waals surface area (Å²) in [6, 6.07) is 16.6. The molecule has 0 atom stereocenters. The Bertz CT molecular complexity index is 1420. The molecular weight excluding hydrogens is 529 g/mol. The number of halogens is 3. The summed E-state index contributed by atoms with van der Waals surface area (Å²) in [7, 11) is 1.25. The number of imide groups is 1. The number of hydrogen-bond donors (Lipinski definition) is 2. The molecule has 0 aliphatic carbocycles. The predicted molar refractivity (Wildman–Crippen MR) is 138 cm³/mol. The van der Waals surface area contributed by atoms with Crippen molar-refractivity contribution in [2.45, 2.75) is 0 Å². The van der Waals surface area contributed by atoms with Gasteiger partial charge in [-0.3, -0.25) is 14.4 Å². The topological polar surface area (TPSA) is 105 Å². The lowest BCUT2D eigenvalue weighted by Crippen LogP contribution is -2.32. The first-order valence-electron chi connectivity index (χ1n) is 10.3. The third-order valence-corrected chi connectivity index (χ3v) is 6.07. The highest BCUT2D eigenvalue weighted by Gasteiger charge is 2.39. The molecule has 3 aromatic rings. The van der Waals surface area contributed by atoms with Gasteiger partial charge in [0.15, 0.2) is 0 Å². The Morgan fingerprint density at radius 3 is 2.08 bits per heavy atom. The van der Waals surface area contributed by atoms with E-state index in [0.29, 0.717) is 27.0 Å². The van der Waals surface area contributed by atoms with E-state index in [1.54, 1.807) is 24.3 Å². The van der Waals surface area contributed by atoms with E-state index in [1.807, 2.05) is 0 Å². The molecule has 0 saturated carbocycles. The molecule has 3 amide bonds. The highest BCUT2D eigenvalue weighted by molar-refractivity contribution is 6.53. The summed E-state index contributed by atoms with van der Waals surface area (Å²) in [5, 5.41) is 5.97. The van der Waals surface area contributed by atoms with Crippen LogP contribution < -0.4 is 15.5 Å². The minimum absolute atomic E-state index is 0.121. The van der Waals surface area contributed by atoms with Gasteiger partial charge in [0.2, 0.25) is 0 Å². The van der Waals surface area contributed by atoms with Crippen LogP contribution in [0.1, 0.15) is 20.7 Å². The maximum Gasteiger partial charge on any atom is 0.337 e. The van der Waals surface area contributed by atoms with E-state index in [0.717, 1.165) is 4.90 Å². The Labute approximate surface area is 220 Å². The molecule has 0 fully saturated rings. The zero-order chi connectivity index (χ0) is 26.0. The third-order valence-electron chi connectivity index (χ3n) is 5.17. The van der Waals surface area contributed by atoms with Gasteiger partial charge in [0.25, 0.3) is 17.7 Å². The van der Waals surface area contributed by atoms with Gasteiger partial charge >= 0.3 is 5.97 Å². The molecule has 1 aliphatic heterocycles. The number of benzene rings is 3. The molecular formula is C25H16Cl3N3O5. The number of nitrogens with zero attached hydrogens (tertiary/aromatic N) is 1. The Kier molecular flexibility index (Phi) is 7.30. The number of hydrogen-bond acceptors (Lipinski definition) is 6. The highest BCUT2D eigenvalue weighted by Crippen LogP contribution is 2.31. The van der Waals surface area contributed by atoms with Crippen LogP contribution in [0.15, 0.2) is 77.5 Å². The van der Waals surface area contributed by atoms with E-state index in [4.69, 9.17) is 34.8 Å². The molecule has 11 heteroatoms. The van der Waals surface area contributed by atoms with Crippen LogP contribution in [0.4, 0.5) is 17.1 Å². The quantitative estimate of drug-likeness (QED) is 0.315. The second kappa shape index (κ2) is 10.4. The maximum absolute atomic E-state index is 13.0. The second-order valence-corrected chi connectivity index (χ2v) is 8.68. The molecule has 0 bridgehead atoms. The molecule has 8 nitrogen and oxygen atoms in total. The summed E-state index contributed by atoms with van der Waals surface area (Å²) < 4.78 is 4.65. The summed E-state index contributed by atoms with van der Waals surface area (Å²) in [6.07, 6.45) is 0. The molecule has 0 radical (unpaired) electrons. The van der Waals surface area contributed by atoms with Crippen LogP contribution in [0.5, 0.6) is 0 Å². The highest BCUT2D eigenvalue weighted by atomic mass is 35.5. The average molecular weight is 545 g/mol. The van der Waals surface area contributed by atoms with Gasteiger partial charge < -0.3 is 15.4 Å². The molecule has 36 heavy (non-hydrogen) atoms. The minimum Gasteiger partial charge on any atom is -0.465 e. The van der Waals surface area contributed by atoms with Crippen molar-refractivity contribution in [3.05, 3.63) is 98.6 Å². The molecule has 182 valence electrons. The number of carbonyl (C=O) groups is 4. The van der Waals surface area contributed by atoms with Crippen molar-refractivity contribution in [1.29, 1.82) is 0 Å². The maximum atomic E-state index is 13.0. The summed E-state index contributed by atoms with van der Waals surface area (Å²) in [5.41, 5.74) is 1.53. The van der Waals surface area contributed by atoms with Gasteiger partial charge in [-0.05, 0) is 66.7 Å². The predicted octanol–water partition coefficient (Wildman–Crippen LogP) is 5.47. The molecule has 0 aromatic heterocycles. The van der Waals surface area contributed by atoms with Crippen LogP contribution in [-0.2, 0) is 14.3 Å². The molecule has 1 aliphatic rings. The lowest BCUT2D eigenvalue weighted by Gasteiger charge is -2.15. The van der Waals surface area contributed by atoms with Gasteiger partial charge in [0.05, 0.1) is 29.1 Å². The van der Waals surface area contributed by atoms with Crippen LogP contribution in [-0.4, -0.2) is 30.8 Å². The van der Waals surface area contributed by atoms with Gasteiger partial charge in [-0.1, -0.05) is 34.8 Å². The SMILES string of the molecule is COC(=O)c1ccc(N2C(=O)C(Cl)=C(Nc3ccc(C(=O)Nc4ccc(Cl)cc4Cl)cc3)C2=O)cc1. The van der Waals surface area contributed by atoms with Gasteiger partial charge in [-0.15, -0.1) is 0 Å². The average Bonchev–Trinajstić information content (AvgIpc) is 3.08.